The zero-order valence-electron chi connectivity index (χ0n) is 17.5. The van der Waals surface area contributed by atoms with Gasteiger partial charge in [0.2, 0.25) is 0 Å². The van der Waals surface area contributed by atoms with Crippen LogP contribution in [0.2, 0.25) is 6.04 Å². The summed E-state index contributed by atoms with van der Waals surface area (Å²) in [5, 5.41) is 7.11. The highest BCUT2D eigenvalue weighted by Crippen LogP contribution is 2.34. The molecular weight excluding hydrogens is 447 g/mol. The number of isothiocyanates is 3. The van der Waals surface area contributed by atoms with Gasteiger partial charge in [-0.1, -0.05) is 37.6 Å². The van der Waals surface area contributed by atoms with E-state index in [0.717, 1.165) is 19.3 Å². The van der Waals surface area contributed by atoms with Gasteiger partial charge < -0.3 is 4.74 Å². The van der Waals surface area contributed by atoms with Crippen molar-refractivity contribution in [3.05, 3.63) is 35.4 Å². The van der Waals surface area contributed by atoms with Gasteiger partial charge in [-0.2, -0.15) is 0 Å². The number of rotatable bonds is 12. The maximum absolute atomic E-state index is 6.12. The molecule has 0 heterocycles. The molecule has 1 saturated carbocycles. The van der Waals surface area contributed by atoms with Crippen molar-refractivity contribution in [1.29, 1.82) is 0 Å². The summed E-state index contributed by atoms with van der Waals surface area (Å²) in [6.45, 7) is 2.88. The van der Waals surface area contributed by atoms with Gasteiger partial charge in [0.05, 0.1) is 21.6 Å². The summed E-state index contributed by atoms with van der Waals surface area (Å²) in [5.74, 6) is 0.649. The monoisotopic (exact) mass is 475 g/mol. The van der Waals surface area contributed by atoms with E-state index in [0.29, 0.717) is 24.7 Å². The van der Waals surface area contributed by atoms with Gasteiger partial charge in [0, 0.05) is 12.7 Å². The van der Waals surface area contributed by atoms with Crippen molar-refractivity contribution in [1.82, 2.24) is 0 Å². The van der Waals surface area contributed by atoms with Gasteiger partial charge in [-0.25, -0.2) is 14.0 Å². The number of unbranched alkanes of at least 4 members (excludes halogenated alkanes) is 1. The number of benzene rings is 1. The Bertz CT molecular complexity index is 760. The quantitative estimate of drug-likeness (QED) is 0.146. The molecule has 4 nitrogen and oxygen atoms in total. The second kappa shape index (κ2) is 14.0. The fourth-order valence-electron chi connectivity index (χ4n) is 3.92. The summed E-state index contributed by atoms with van der Waals surface area (Å²) >= 11 is 14.2. The lowest BCUT2D eigenvalue weighted by atomic mass is 9.82. The first-order valence-electron chi connectivity index (χ1n) is 10.6. The van der Waals surface area contributed by atoms with Gasteiger partial charge in [0.25, 0.3) is 0 Å². The third-order valence-electron chi connectivity index (χ3n) is 5.63. The van der Waals surface area contributed by atoms with E-state index in [1.807, 2.05) is 0 Å². The standard InChI is InChI=1S/C22H29N3OS3Si/c1-2-3-5-19-6-8-20(9-7-19)21-10-12-22(13-11-21)26-14-4-15-30(23-16-27,24-17-28)25-18-29/h6-9,21-22H,2-5,10-15H2,1H3. The fraction of sp³-hybridized carbons (Fsp3) is 0.591. The normalized spacial score (nSPS) is 20.2. The van der Waals surface area contributed by atoms with Gasteiger partial charge in [-0.05, 0) is 98.6 Å². The maximum Gasteiger partial charge on any atom is 0.461 e. The predicted octanol–water partition coefficient (Wildman–Crippen LogP) is 6.71. The molecule has 0 bridgehead atoms. The SMILES string of the molecule is CCCCc1ccc(C2CCC(OCCC[Si](N=C=S)(N=C=S)N=C=S)CC2)cc1. The summed E-state index contributed by atoms with van der Waals surface area (Å²) in [4.78, 5) is 0. The molecule has 2 rings (SSSR count). The number of aryl methyl sites for hydroxylation is 1. The van der Waals surface area contributed by atoms with Crippen LogP contribution < -0.4 is 0 Å². The summed E-state index contributed by atoms with van der Waals surface area (Å²) < 4.78 is 18.5. The van der Waals surface area contributed by atoms with Gasteiger partial charge >= 0.3 is 8.56 Å². The molecule has 1 aliphatic carbocycles. The van der Waals surface area contributed by atoms with E-state index in [-0.39, 0.29) is 0 Å². The third kappa shape index (κ3) is 8.14. The first kappa shape index (κ1) is 25.1. The van der Waals surface area contributed by atoms with E-state index < -0.39 is 8.56 Å². The molecule has 0 saturated heterocycles. The van der Waals surface area contributed by atoms with Crippen LogP contribution in [0.1, 0.15) is 68.9 Å². The Morgan fingerprint density at radius 3 is 2.07 bits per heavy atom. The Balaban J connectivity index is 1.76. The van der Waals surface area contributed by atoms with Crippen LogP contribution in [0.25, 0.3) is 0 Å². The third-order valence-corrected chi connectivity index (χ3v) is 8.82. The lowest BCUT2D eigenvalue weighted by Crippen LogP contribution is -2.28. The Kier molecular flexibility index (Phi) is 11.7. The van der Waals surface area contributed by atoms with Crippen molar-refractivity contribution >= 4 is 60.7 Å². The van der Waals surface area contributed by atoms with Gasteiger partial charge in [-0.3, -0.25) is 0 Å². The molecule has 8 heteroatoms. The first-order valence-corrected chi connectivity index (χ1v) is 13.9. The van der Waals surface area contributed by atoms with Crippen molar-refractivity contribution < 1.29 is 4.74 Å². The summed E-state index contributed by atoms with van der Waals surface area (Å²) in [5.41, 5.74) is 2.92. The van der Waals surface area contributed by atoms with E-state index in [2.05, 4.69) is 60.6 Å². The average molecular weight is 476 g/mol. The van der Waals surface area contributed by atoms with Crippen LogP contribution in [0.15, 0.2) is 38.2 Å². The summed E-state index contributed by atoms with van der Waals surface area (Å²) in [7, 11) is -2.80. The molecule has 0 aromatic heterocycles. The van der Waals surface area contributed by atoms with Crippen LogP contribution >= 0.6 is 36.7 Å². The Morgan fingerprint density at radius 1 is 0.933 bits per heavy atom. The van der Waals surface area contributed by atoms with Gasteiger partial charge in [0.15, 0.2) is 0 Å². The fourth-order valence-corrected chi connectivity index (χ4v) is 6.78. The van der Waals surface area contributed by atoms with Crippen LogP contribution in [0.5, 0.6) is 0 Å². The molecule has 0 amide bonds. The molecule has 1 aliphatic rings. The van der Waals surface area contributed by atoms with Crippen molar-refractivity contribution in [2.45, 2.75) is 76.4 Å². The molecule has 0 spiro atoms. The summed E-state index contributed by atoms with van der Waals surface area (Å²) in [6, 6.07) is 9.87. The number of hydrogen-bond donors (Lipinski definition) is 0. The van der Waals surface area contributed by atoms with E-state index in [1.54, 1.807) is 0 Å². The molecule has 30 heavy (non-hydrogen) atoms. The Morgan fingerprint density at radius 2 is 1.53 bits per heavy atom. The second-order valence-electron chi connectivity index (χ2n) is 7.68. The van der Waals surface area contributed by atoms with Crippen LogP contribution in [0.3, 0.4) is 0 Å². The lowest BCUT2D eigenvalue weighted by molar-refractivity contribution is 0.0250. The van der Waals surface area contributed by atoms with Crippen molar-refractivity contribution in [3.63, 3.8) is 0 Å². The molecule has 0 unspecified atom stereocenters. The van der Waals surface area contributed by atoms with Gasteiger partial charge in [0.1, 0.15) is 0 Å². The largest absolute Gasteiger partial charge is 0.461 e. The molecule has 160 valence electrons. The van der Waals surface area contributed by atoms with Crippen LogP contribution in [0, 0.1) is 0 Å². The van der Waals surface area contributed by atoms with E-state index in [4.69, 9.17) is 41.4 Å². The Hall–Kier alpha value is -1.20. The average Bonchev–Trinajstić information content (AvgIpc) is 2.77. The van der Waals surface area contributed by atoms with Crippen molar-refractivity contribution in [2.24, 2.45) is 14.0 Å². The Labute approximate surface area is 197 Å². The topological polar surface area (TPSA) is 46.3 Å². The van der Waals surface area contributed by atoms with Crippen LogP contribution in [-0.4, -0.2) is 36.8 Å². The van der Waals surface area contributed by atoms with E-state index in [9.17, 15) is 0 Å². The highest BCUT2D eigenvalue weighted by molar-refractivity contribution is 7.78. The molecular formula is C22H29N3OS3Si. The molecule has 1 fully saturated rings. The first-order chi connectivity index (χ1) is 14.7. The molecule has 0 N–H and O–H groups in total. The number of ether oxygens (including phenoxy) is 1. The summed E-state index contributed by atoms with van der Waals surface area (Å²) in [6.07, 6.45) is 9.33. The number of nitrogens with zero attached hydrogens (tertiary/aromatic N) is 3. The zero-order chi connectivity index (χ0) is 21.7. The van der Waals surface area contributed by atoms with Crippen LogP contribution in [-0.2, 0) is 11.2 Å². The molecule has 0 atom stereocenters. The minimum Gasteiger partial charge on any atom is -0.378 e. The highest BCUT2D eigenvalue weighted by Gasteiger charge is 2.34. The van der Waals surface area contributed by atoms with Crippen molar-refractivity contribution in [2.75, 3.05) is 6.61 Å². The minimum absolute atomic E-state index is 0.318. The molecule has 1 aromatic carbocycles. The zero-order valence-corrected chi connectivity index (χ0v) is 21.0. The predicted molar refractivity (Wildman–Crippen MR) is 136 cm³/mol. The van der Waals surface area contributed by atoms with E-state index in [1.165, 1.54) is 43.2 Å². The molecule has 0 aliphatic heterocycles. The molecule has 1 aromatic rings. The molecule has 0 radical (unpaired) electrons. The van der Waals surface area contributed by atoms with Crippen molar-refractivity contribution in [3.8, 4) is 0 Å². The highest BCUT2D eigenvalue weighted by atomic mass is 32.1. The minimum atomic E-state index is -2.80. The second-order valence-corrected chi connectivity index (χ2v) is 10.9. The smallest absolute Gasteiger partial charge is 0.378 e. The number of thiocarbonyl (C=S) groups is 3. The van der Waals surface area contributed by atoms with Gasteiger partial charge in [-0.15, -0.1) is 0 Å². The maximum atomic E-state index is 6.12. The number of hydrogen-bond acceptors (Lipinski definition) is 7. The lowest BCUT2D eigenvalue weighted by Gasteiger charge is -2.29. The van der Waals surface area contributed by atoms with Crippen LogP contribution in [0.4, 0.5) is 0 Å². The van der Waals surface area contributed by atoms with E-state index >= 15 is 0 Å².